The molecule has 2 aliphatic heterocycles. The van der Waals surface area contributed by atoms with Crippen molar-refractivity contribution in [3.8, 4) is 16.9 Å². The second-order valence-electron chi connectivity index (χ2n) is 13.0. The molecule has 1 aromatic heterocycles. The Labute approximate surface area is 261 Å². The molecule has 2 N–H and O–H groups in total. The van der Waals surface area contributed by atoms with Crippen molar-refractivity contribution in [1.29, 1.82) is 0 Å². The molecule has 1 aliphatic carbocycles. The minimum Gasteiger partial charge on any atom is -0.489 e. The molecule has 3 aliphatic rings. The number of aryl methyl sites for hydroxylation is 2. The highest BCUT2D eigenvalue weighted by molar-refractivity contribution is 6.01. The Morgan fingerprint density at radius 3 is 2.36 bits per heavy atom. The van der Waals surface area contributed by atoms with Gasteiger partial charge in [-0.05, 0) is 74.2 Å². The number of benzene rings is 2. The molecule has 44 heavy (non-hydrogen) atoms. The van der Waals surface area contributed by atoms with Gasteiger partial charge in [0.05, 0.1) is 17.8 Å². The average molecular weight is 598 g/mol. The van der Waals surface area contributed by atoms with Crippen LogP contribution in [0.4, 0.5) is 5.69 Å². The van der Waals surface area contributed by atoms with Crippen LogP contribution >= 0.6 is 0 Å². The molecule has 1 saturated heterocycles. The number of aromatic amines is 1. The maximum atomic E-state index is 13.9. The van der Waals surface area contributed by atoms with Crippen molar-refractivity contribution >= 4 is 11.6 Å². The lowest BCUT2D eigenvalue weighted by molar-refractivity contribution is 0.0946. The fraction of sp³-hybridized carbons (Fsp3) is 0.500. The van der Waals surface area contributed by atoms with E-state index in [9.17, 15) is 9.59 Å². The molecule has 3 aromatic rings. The summed E-state index contributed by atoms with van der Waals surface area (Å²) in [6.07, 6.45) is 7.40. The van der Waals surface area contributed by atoms with Crippen molar-refractivity contribution in [3.63, 3.8) is 0 Å². The number of hydrogen-bond acceptors (Lipinski definition) is 6. The third-order valence-electron chi connectivity index (χ3n) is 9.68. The lowest BCUT2D eigenvalue weighted by Crippen LogP contribution is -2.43. The van der Waals surface area contributed by atoms with Gasteiger partial charge in [-0.2, -0.15) is 0 Å². The van der Waals surface area contributed by atoms with Crippen molar-refractivity contribution in [2.45, 2.75) is 71.5 Å². The molecule has 8 heteroatoms. The number of carbonyl (C=O) groups is 1. The minimum atomic E-state index is -0.225. The number of nitrogens with zero attached hydrogens (tertiary/aromatic N) is 3. The predicted molar refractivity (Wildman–Crippen MR) is 177 cm³/mol. The third kappa shape index (κ3) is 6.87. The number of amides is 1. The lowest BCUT2D eigenvalue weighted by atomic mass is 9.96. The first-order valence-corrected chi connectivity index (χ1v) is 16.4. The fourth-order valence-electron chi connectivity index (χ4n) is 7.06. The zero-order valence-corrected chi connectivity index (χ0v) is 26.6. The number of anilines is 1. The molecule has 0 radical (unpaired) electrons. The minimum absolute atomic E-state index is 0.159. The van der Waals surface area contributed by atoms with E-state index in [2.05, 4.69) is 62.4 Å². The Morgan fingerprint density at radius 2 is 1.66 bits per heavy atom. The molecule has 8 nitrogen and oxygen atoms in total. The summed E-state index contributed by atoms with van der Waals surface area (Å²) in [5.41, 5.74) is 7.03. The molecule has 0 atom stereocenters. The number of carbonyl (C=O) groups excluding carboxylic acids is 1. The molecule has 0 unspecified atom stereocenters. The first-order valence-electron chi connectivity index (χ1n) is 16.4. The van der Waals surface area contributed by atoms with Gasteiger partial charge in [0.25, 0.3) is 11.5 Å². The summed E-state index contributed by atoms with van der Waals surface area (Å²) in [7, 11) is 2.18. The molecule has 3 heterocycles. The van der Waals surface area contributed by atoms with Crippen LogP contribution in [0.1, 0.15) is 71.3 Å². The largest absolute Gasteiger partial charge is 0.489 e. The van der Waals surface area contributed by atoms with E-state index in [0.717, 1.165) is 67.3 Å². The smallest absolute Gasteiger partial charge is 0.255 e. The van der Waals surface area contributed by atoms with E-state index in [1.54, 1.807) is 0 Å². The van der Waals surface area contributed by atoms with Gasteiger partial charge >= 0.3 is 0 Å². The Hall–Kier alpha value is -3.62. The van der Waals surface area contributed by atoms with E-state index < -0.39 is 0 Å². The molecule has 1 amide bonds. The maximum Gasteiger partial charge on any atom is 0.255 e. The summed E-state index contributed by atoms with van der Waals surface area (Å²) >= 11 is 0. The molecule has 2 fully saturated rings. The van der Waals surface area contributed by atoms with Crippen LogP contribution in [0, 0.1) is 13.8 Å². The van der Waals surface area contributed by atoms with Gasteiger partial charge in [-0.15, -0.1) is 0 Å². The van der Waals surface area contributed by atoms with Crippen molar-refractivity contribution in [2.24, 2.45) is 0 Å². The number of fused-ring (bicyclic) bond motifs is 1. The molecule has 2 aromatic carbocycles. The second kappa shape index (κ2) is 13.6. The highest BCUT2D eigenvalue weighted by Gasteiger charge is 2.30. The van der Waals surface area contributed by atoms with E-state index in [-0.39, 0.29) is 18.0 Å². The SMILES string of the molecule is Cc1cc(C)c(CNC(=O)c2cc(-c3ccc(CN4CCN(C)CC4)cc3)cc3c2OCCN3C2CCCCCC2)c(=O)[nH]1. The standard InChI is InChI=1S/C36H47N5O3/c1-25-20-26(2)38-36(43)32(25)23-37-35(42)31-21-29(28-12-10-27(11-13-28)24-40-16-14-39(3)15-17-40)22-33-34(31)44-19-18-41(33)30-8-6-4-5-7-9-30/h10-13,20-22,30H,4-9,14-19,23-24H2,1-3H3,(H,37,42)(H,38,43). The fourth-order valence-corrected chi connectivity index (χ4v) is 7.06. The molecule has 234 valence electrons. The maximum absolute atomic E-state index is 13.9. The second-order valence-corrected chi connectivity index (χ2v) is 13.0. The van der Waals surface area contributed by atoms with Crippen LogP contribution in [0.25, 0.3) is 11.1 Å². The number of piperazine rings is 1. The lowest BCUT2D eigenvalue weighted by Gasteiger charge is -2.38. The molecular weight excluding hydrogens is 550 g/mol. The third-order valence-corrected chi connectivity index (χ3v) is 9.68. The summed E-state index contributed by atoms with van der Waals surface area (Å²) in [6, 6.07) is 15.4. The zero-order valence-electron chi connectivity index (χ0n) is 26.6. The number of rotatable bonds is 7. The molecule has 0 bridgehead atoms. The number of pyridine rings is 1. The van der Waals surface area contributed by atoms with Gasteiger partial charge in [0.1, 0.15) is 6.61 Å². The van der Waals surface area contributed by atoms with E-state index in [1.165, 1.54) is 44.1 Å². The van der Waals surface area contributed by atoms with E-state index in [0.29, 0.717) is 29.5 Å². The summed E-state index contributed by atoms with van der Waals surface area (Å²) in [6.45, 7) is 10.7. The number of ether oxygens (including phenoxy) is 1. The van der Waals surface area contributed by atoms with Gasteiger partial charge in [0, 0.05) is 56.6 Å². The molecule has 0 spiro atoms. The van der Waals surface area contributed by atoms with Crippen LogP contribution in [0.5, 0.6) is 5.75 Å². The predicted octanol–water partition coefficient (Wildman–Crippen LogP) is 5.26. The van der Waals surface area contributed by atoms with Crippen molar-refractivity contribution in [2.75, 3.05) is 51.3 Å². The first-order chi connectivity index (χ1) is 21.4. The summed E-state index contributed by atoms with van der Waals surface area (Å²) in [5.74, 6) is 0.430. The van der Waals surface area contributed by atoms with Crippen molar-refractivity contribution in [1.82, 2.24) is 20.1 Å². The summed E-state index contributed by atoms with van der Waals surface area (Å²) < 4.78 is 6.27. The quantitative estimate of drug-likeness (QED) is 0.362. The van der Waals surface area contributed by atoms with Crippen LogP contribution in [-0.2, 0) is 13.1 Å². The van der Waals surface area contributed by atoms with Gasteiger partial charge in [0.15, 0.2) is 5.75 Å². The number of aromatic nitrogens is 1. The van der Waals surface area contributed by atoms with Crippen LogP contribution in [0.15, 0.2) is 47.3 Å². The van der Waals surface area contributed by atoms with E-state index in [4.69, 9.17) is 4.74 Å². The summed E-state index contributed by atoms with van der Waals surface area (Å²) in [5, 5.41) is 3.04. The molecule has 6 rings (SSSR count). The Balaban J connectivity index is 1.31. The highest BCUT2D eigenvalue weighted by Crippen LogP contribution is 2.42. The topological polar surface area (TPSA) is 80.9 Å². The van der Waals surface area contributed by atoms with Crippen LogP contribution in [-0.4, -0.2) is 73.1 Å². The molecule has 1 saturated carbocycles. The normalized spacial score (nSPS) is 18.4. The monoisotopic (exact) mass is 597 g/mol. The molecular formula is C36H47N5O3. The number of nitrogens with one attached hydrogen (secondary N) is 2. The zero-order chi connectivity index (χ0) is 30.6. The van der Waals surface area contributed by atoms with Crippen molar-refractivity contribution < 1.29 is 9.53 Å². The van der Waals surface area contributed by atoms with Gasteiger partial charge in [-0.1, -0.05) is 49.9 Å². The van der Waals surface area contributed by atoms with Crippen LogP contribution in [0.2, 0.25) is 0 Å². The summed E-state index contributed by atoms with van der Waals surface area (Å²) in [4.78, 5) is 36.8. The Bertz CT molecular complexity index is 1520. The van der Waals surface area contributed by atoms with Gasteiger partial charge in [-0.3, -0.25) is 14.5 Å². The number of H-pyrrole nitrogens is 1. The van der Waals surface area contributed by atoms with Gasteiger partial charge in [-0.25, -0.2) is 0 Å². The van der Waals surface area contributed by atoms with Crippen LogP contribution in [0.3, 0.4) is 0 Å². The Kier molecular flexibility index (Phi) is 9.38. The van der Waals surface area contributed by atoms with E-state index in [1.807, 2.05) is 26.0 Å². The van der Waals surface area contributed by atoms with E-state index >= 15 is 0 Å². The van der Waals surface area contributed by atoms with Crippen molar-refractivity contribution in [3.05, 3.63) is 80.8 Å². The average Bonchev–Trinajstić information content (AvgIpc) is 3.31. The highest BCUT2D eigenvalue weighted by atomic mass is 16.5. The number of likely N-dealkylation sites (N-methyl/N-ethyl adjacent to an activating group) is 1. The van der Waals surface area contributed by atoms with Crippen LogP contribution < -0.4 is 20.5 Å². The number of hydrogen-bond donors (Lipinski definition) is 2. The van der Waals surface area contributed by atoms with Gasteiger partial charge in [0.2, 0.25) is 0 Å². The van der Waals surface area contributed by atoms with Gasteiger partial charge < -0.3 is 24.8 Å². The Morgan fingerprint density at radius 1 is 0.932 bits per heavy atom. The first kappa shape index (κ1) is 30.4.